The van der Waals surface area contributed by atoms with E-state index in [-0.39, 0.29) is 12.5 Å². The van der Waals surface area contributed by atoms with Gasteiger partial charge in [-0.3, -0.25) is 4.79 Å². The van der Waals surface area contributed by atoms with Crippen molar-refractivity contribution >= 4 is 23.3 Å². The molecule has 0 aliphatic heterocycles. The van der Waals surface area contributed by atoms with E-state index in [9.17, 15) is 4.79 Å². The summed E-state index contributed by atoms with van der Waals surface area (Å²) in [6.07, 6.45) is 3.17. The van der Waals surface area contributed by atoms with Crippen LogP contribution in [-0.2, 0) is 11.3 Å². The third-order valence-electron chi connectivity index (χ3n) is 2.92. The summed E-state index contributed by atoms with van der Waals surface area (Å²) in [6.45, 7) is 0.474. The maximum Gasteiger partial charge on any atom is 0.244 e. The number of methoxy groups -OCH3 is 1. The quantitative estimate of drug-likeness (QED) is 0.793. The van der Waals surface area contributed by atoms with Crippen molar-refractivity contribution in [3.63, 3.8) is 0 Å². The lowest BCUT2D eigenvalue weighted by atomic mass is 10.2. The minimum atomic E-state index is -0.165. The summed E-state index contributed by atoms with van der Waals surface area (Å²) in [5, 5.41) is 13.3. The van der Waals surface area contributed by atoms with E-state index in [0.717, 1.165) is 10.4 Å². The van der Waals surface area contributed by atoms with Crippen LogP contribution in [0.3, 0.4) is 0 Å². The van der Waals surface area contributed by atoms with Crippen LogP contribution in [0, 0.1) is 11.3 Å². The lowest BCUT2D eigenvalue weighted by Crippen LogP contribution is -2.19. The normalized spacial score (nSPS) is 10.3. The Kier molecular flexibility index (Phi) is 6.21. The molecule has 2 aromatic rings. The van der Waals surface area contributed by atoms with Gasteiger partial charge in [0.25, 0.3) is 0 Å². The van der Waals surface area contributed by atoms with Crippen LogP contribution < -0.4 is 14.8 Å². The second-order valence-corrected chi connectivity index (χ2v) is 5.52. The summed E-state index contributed by atoms with van der Waals surface area (Å²) < 4.78 is 10.5. The van der Waals surface area contributed by atoms with E-state index in [1.807, 2.05) is 23.6 Å². The molecule has 5 nitrogen and oxygen atoms in total. The highest BCUT2D eigenvalue weighted by Gasteiger charge is 2.05. The number of rotatable bonds is 7. The summed E-state index contributed by atoms with van der Waals surface area (Å²) in [5.74, 6) is 0.844. The van der Waals surface area contributed by atoms with E-state index < -0.39 is 0 Å². The highest BCUT2D eigenvalue weighted by molar-refractivity contribution is 7.09. The van der Waals surface area contributed by atoms with Gasteiger partial charge in [-0.1, -0.05) is 12.1 Å². The molecular weight excluding hydrogens is 312 g/mol. The van der Waals surface area contributed by atoms with Crippen LogP contribution in [0.4, 0.5) is 0 Å². The molecule has 1 N–H and O–H groups in total. The number of hydrogen-bond acceptors (Lipinski definition) is 5. The minimum absolute atomic E-state index is 0.0450. The Morgan fingerprint density at radius 2 is 2.26 bits per heavy atom. The molecule has 0 bridgehead atoms. The number of carbonyl (C=O) groups excluding carboxylic acids is 1. The molecule has 0 atom stereocenters. The molecule has 0 fully saturated rings. The van der Waals surface area contributed by atoms with Crippen LogP contribution in [0.1, 0.15) is 10.4 Å². The van der Waals surface area contributed by atoms with Crippen LogP contribution in [0.25, 0.3) is 6.08 Å². The van der Waals surface area contributed by atoms with Gasteiger partial charge in [-0.15, -0.1) is 11.3 Å². The molecular formula is C17H16N2O3S. The average Bonchev–Trinajstić information content (AvgIpc) is 3.10. The smallest absolute Gasteiger partial charge is 0.244 e. The average molecular weight is 328 g/mol. The Labute approximate surface area is 138 Å². The van der Waals surface area contributed by atoms with Crippen molar-refractivity contribution in [2.24, 2.45) is 0 Å². The summed E-state index contributed by atoms with van der Waals surface area (Å²) in [6, 6.07) is 11.1. The number of ether oxygens (including phenoxy) is 2. The van der Waals surface area contributed by atoms with Gasteiger partial charge in [-0.05, 0) is 35.2 Å². The van der Waals surface area contributed by atoms with Gasteiger partial charge in [-0.2, -0.15) is 5.26 Å². The van der Waals surface area contributed by atoms with Gasteiger partial charge in [0.2, 0.25) is 5.91 Å². The molecule has 0 spiro atoms. The van der Waals surface area contributed by atoms with Gasteiger partial charge >= 0.3 is 0 Å². The summed E-state index contributed by atoms with van der Waals surface area (Å²) >= 11 is 1.60. The molecule has 0 aliphatic carbocycles. The van der Waals surface area contributed by atoms with Crippen molar-refractivity contribution in [3.8, 4) is 17.6 Å². The Balaban J connectivity index is 1.95. The number of benzene rings is 1. The fraction of sp³-hybridized carbons (Fsp3) is 0.176. The van der Waals surface area contributed by atoms with E-state index in [4.69, 9.17) is 14.7 Å². The largest absolute Gasteiger partial charge is 0.493 e. The van der Waals surface area contributed by atoms with Gasteiger partial charge in [0.15, 0.2) is 18.1 Å². The SMILES string of the molecule is COc1cc(/C=C/C(=O)NCc2cccs2)ccc1OCC#N. The first-order valence-electron chi connectivity index (χ1n) is 6.89. The standard InChI is InChI=1S/C17H16N2O3S/c1-21-16-11-13(4-6-15(16)22-9-8-18)5-7-17(20)19-12-14-3-2-10-23-14/h2-7,10-11H,9,12H2,1H3,(H,19,20)/b7-5+. The van der Waals surface area contributed by atoms with Crippen molar-refractivity contribution in [1.29, 1.82) is 5.26 Å². The maximum absolute atomic E-state index is 11.8. The molecule has 0 unspecified atom stereocenters. The van der Waals surface area contributed by atoms with Gasteiger partial charge in [-0.25, -0.2) is 0 Å². The third kappa shape index (κ3) is 5.16. The van der Waals surface area contributed by atoms with E-state index >= 15 is 0 Å². The number of thiophene rings is 1. The Morgan fingerprint density at radius 3 is 2.96 bits per heavy atom. The summed E-state index contributed by atoms with van der Waals surface area (Å²) in [4.78, 5) is 12.9. The fourth-order valence-electron chi connectivity index (χ4n) is 1.84. The lowest BCUT2D eigenvalue weighted by molar-refractivity contribution is -0.116. The number of nitrogens with zero attached hydrogens (tertiary/aromatic N) is 1. The number of amides is 1. The van der Waals surface area contributed by atoms with Crippen molar-refractivity contribution in [2.45, 2.75) is 6.54 Å². The third-order valence-corrected chi connectivity index (χ3v) is 3.80. The molecule has 0 radical (unpaired) electrons. The first-order valence-corrected chi connectivity index (χ1v) is 7.77. The molecule has 118 valence electrons. The molecule has 0 aliphatic rings. The van der Waals surface area contributed by atoms with Gasteiger partial charge in [0.05, 0.1) is 13.7 Å². The van der Waals surface area contributed by atoms with E-state index in [2.05, 4.69) is 5.32 Å². The monoisotopic (exact) mass is 328 g/mol. The molecule has 6 heteroatoms. The Hall–Kier alpha value is -2.78. The number of nitrogens with one attached hydrogen (secondary N) is 1. The molecule has 0 saturated carbocycles. The summed E-state index contributed by atoms with van der Waals surface area (Å²) in [5.41, 5.74) is 0.803. The van der Waals surface area contributed by atoms with Gasteiger partial charge < -0.3 is 14.8 Å². The molecule has 1 aromatic carbocycles. The molecule has 1 amide bonds. The zero-order chi connectivity index (χ0) is 16.5. The summed E-state index contributed by atoms with van der Waals surface area (Å²) in [7, 11) is 1.52. The zero-order valence-corrected chi connectivity index (χ0v) is 13.4. The fourth-order valence-corrected chi connectivity index (χ4v) is 2.48. The minimum Gasteiger partial charge on any atom is -0.493 e. The first kappa shape index (κ1) is 16.6. The topological polar surface area (TPSA) is 71.3 Å². The van der Waals surface area contributed by atoms with E-state index in [0.29, 0.717) is 18.0 Å². The highest BCUT2D eigenvalue weighted by Crippen LogP contribution is 2.28. The van der Waals surface area contributed by atoms with Gasteiger partial charge in [0, 0.05) is 11.0 Å². The van der Waals surface area contributed by atoms with Crippen LogP contribution >= 0.6 is 11.3 Å². The van der Waals surface area contributed by atoms with Crippen molar-refractivity contribution in [1.82, 2.24) is 5.32 Å². The number of nitriles is 1. The van der Waals surface area contributed by atoms with Crippen LogP contribution in [-0.4, -0.2) is 19.6 Å². The van der Waals surface area contributed by atoms with Crippen molar-refractivity contribution < 1.29 is 14.3 Å². The molecule has 23 heavy (non-hydrogen) atoms. The first-order chi connectivity index (χ1) is 11.2. The predicted molar refractivity (Wildman–Crippen MR) is 89.3 cm³/mol. The van der Waals surface area contributed by atoms with Crippen LogP contribution in [0.2, 0.25) is 0 Å². The molecule has 1 aromatic heterocycles. The molecule has 2 rings (SSSR count). The van der Waals surface area contributed by atoms with Crippen molar-refractivity contribution in [3.05, 3.63) is 52.2 Å². The Bertz CT molecular complexity index is 718. The maximum atomic E-state index is 11.8. The van der Waals surface area contributed by atoms with Crippen LogP contribution in [0.5, 0.6) is 11.5 Å². The second-order valence-electron chi connectivity index (χ2n) is 4.49. The Morgan fingerprint density at radius 1 is 1.39 bits per heavy atom. The second kappa shape index (κ2) is 8.61. The lowest BCUT2D eigenvalue weighted by Gasteiger charge is -2.08. The molecule has 1 heterocycles. The molecule has 0 saturated heterocycles. The zero-order valence-electron chi connectivity index (χ0n) is 12.6. The predicted octanol–water partition coefficient (Wildman–Crippen LogP) is 2.99. The van der Waals surface area contributed by atoms with E-state index in [1.54, 1.807) is 35.6 Å². The van der Waals surface area contributed by atoms with Crippen LogP contribution in [0.15, 0.2) is 41.8 Å². The van der Waals surface area contributed by atoms with Gasteiger partial charge in [0.1, 0.15) is 6.07 Å². The number of carbonyl (C=O) groups is 1. The van der Waals surface area contributed by atoms with E-state index in [1.165, 1.54) is 13.2 Å². The highest BCUT2D eigenvalue weighted by atomic mass is 32.1. The van der Waals surface area contributed by atoms with Crippen molar-refractivity contribution in [2.75, 3.05) is 13.7 Å². The number of hydrogen-bond donors (Lipinski definition) is 1.